The van der Waals surface area contributed by atoms with E-state index in [1.54, 1.807) is 0 Å². The molecule has 0 bridgehead atoms. The Kier molecular flexibility index (Phi) is 5.71. The van der Waals surface area contributed by atoms with E-state index < -0.39 is 0 Å². The highest BCUT2D eigenvalue weighted by Gasteiger charge is 2.12. The van der Waals surface area contributed by atoms with Gasteiger partial charge in [-0.05, 0) is 47.7 Å². The van der Waals surface area contributed by atoms with Crippen LogP contribution in [-0.4, -0.2) is 37.6 Å². The summed E-state index contributed by atoms with van der Waals surface area (Å²) in [6.07, 6.45) is 1.22. The second-order valence-corrected chi connectivity index (χ2v) is 6.85. The number of benzene rings is 2. The molecule has 2 aromatic carbocycles. The van der Waals surface area contributed by atoms with Crippen LogP contribution in [0.4, 0.5) is 0 Å². The van der Waals surface area contributed by atoms with Crippen molar-refractivity contribution in [2.24, 2.45) is 0 Å². The van der Waals surface area contributed by atoms with Crippen molar-refractivity contribution >= 4 is 11.6 Å². The number of hydrogen-bond donors (Lipinski definition) is 1. The van der Waals surface area contributed by atoms with E-state index in [1.807, 2.05) is 12.1 Å². The fourth-order valence-electron chi connectivity index (χ4n) is 3.12. The first kappa shape index (κ1) is 16.5. The fraction of sp³-hybridized carbons (Fsp3) is 0.400. The van der Waals surface area contributed by atoms with Gasteiger partial charge in [-0.1, -0.05) is 54.9 Å². The molecule has 1 atom stereocenters. The van der Waals surface area contributed by atoms with Crippen LogP contribution in [0.3, 0.4) is 0 Å². The maximum absolute atomic E-state index is 5.96. The van der Waals surface area contributed by atoms with Gasteiger partial charge in [0, 0.05) is 31.2 Å². The minimum absolute atomic E-state index is 0.601. The van der Waals surface area contributed by atoms with Crippen molar-refractivity contribution in [1.29, 1.82) is 0 Å². The van der Waals surface area contributed by atoms with E-state index in [4.69, 9.17) is 11.6 Å². The highest BCUT2D eigenvalue weighted by Crippen LogP contribution is 2.25. The Morgan fingerprint density at radius 1 is 0.957 bits per heavy atom. The fourth-order valence-corrected chi connectivity index (χ4v) is 3.25. The van der Waals surface area contributed by atoms with E-state index >= 15 is 0 Å². The zero-order valence-corrected chi connectivity index (χ0v) is 14.5. The maximum Gasteiger partial charge on any atom is 0.0406 e. The van der Waals surface area contributed by atoms with Gasteiger partial charge in [-0.15, -0.1) is 0 Å². The quantitative estimate of drug-likeness (QED) is 0.874. The number of nitrogens with one attached hydrogen (secondary N) is 1. The van der Waals surface area contributed by atoms with Crippen LogP contribution in [-0.2, 0) is 0 Å². The zero-order chi connectivity index (χ0) is 16.1. The molecule has 1 unspecified atom stereocenters. The summed E-state index contributed by atoms with van der Waals surface area (Å²) in [5, 5.41) is 4.19. The minimum Gasteiger partial charge on any atom is -0.314 e. The summed E-state index contributed by atoms with van der Waals surface area (Å²) in [5.74, 6) is 0.601. The molecular weight excluding hydrogens is 304 g/mol. The molecule has 1 heterocycles. The highest BCUT2D eigenvalue weighted by molar-refractivity contribution is 6.30. The smallest absolute Gasteiger partial charge is 0.0406 e. The molecule has 0 aliphatic carbocycles. The van der Waals surface area contributed by atoms with Gasteiger partial charge in [0.1, 0.15) is 0 Å². The molecule has 122 valence electrons. The van der Waals surface area contributed by atoms with Crippen molar-refractivity contribution in [3.05, 3.63) is 59.1 Å². The molecule has 0 spiro atoms. The number of rotatable bonds is 5. The lowest BCUT2D eigenvalue weighted by atomic mass is 9.95. The molecule has 23 heavy (non-hydrogen) atoms. The Morgan fingerprint density at radius 3 is 2.13 bits per heavy atom. The summed E-state index contributed by atoms with van der Waals surface area (Å²) < 4.78 is 0. The molecule has 1 aliphatic rings. The molecule has 3 heteroatoms. The number of hydrogen-bond acceptors (Lipinski definition) is 2. The predicted molar refractivity (Wildman–Crippen MR) is 99.2 cm³/mol. The molecule has 3 rings (SSSR count). The van der Waals surface area contributed by atoms with Gasteiger partial charge in [0.2, 0.25) is 0 Å². The summed E-state index contributed by atoms with van der Waals surface area (Å²) in [6.45, 7) is 8.15. The molecule has 1 fully saturated rings. The molecule has 0 aromatic heterocycles. The van der Waals surface area contributed by atoms with Crippen LogP contribution in [0.25, 0.3) is 11.1 Å². The summed E-state index contributed by atoms with van der Waals surface area (Å²) in [5.41, 5.74) is 3.90. The normalized spacial score (nSPS) is 17.1. The van der Waals surface area contributed by atoms with Gasteiger partial charge >= 0.3 is 0 Å². The second kappa shape index (κ2) is 7.96. The SMILES string of the molecule is CC(CCN1CCNCC1)c1ccc(-c2ccc(Cl)cc2)cc1. The third-order valence-electron chi connectivity index (χ3n) is 4.75. The lowest BCUT2D eigenvalue weighted by Crippen LogP contribution is -2.43. The number of nitrogens with zero attached hydrogens (tertiary/aromatic N) is 1. The van der Waals surface area contributed by atoms with Crippen LogP contribution in [0, 0.1) is 0 Å². The van der Waals surface area contributed by atoms with Gasteiger partial charge in [-0.2, -0.15) is 0 Å². The van der Waals surface area contributed by atoms with Crippen LogP contribution in [0.1, 0.15) is 24.8 Å². The molecule has 0 saturated carbocycles. The van der Waals surface area contributed by atoms with Gasteiger partial charge in [0.15, 0.2) is 0 Å². The standard InChI is InChI=1S/C20H25ClN2/c1-16(10-13-23-14-11-22-12-15-23)17-2-4-18(5-3-17)19-6-8-20(21)9-7-19/h2-9,16,22H,10-15H2,1H3. The minimum atomic E-state index is 0.601. The van der Waals surface area contributed by atoms with Crippen molar-refractivity contribution in [2.75, 3.05) is 32.7 Å². The van der Waals surface area contributed by atoms with E-state index in [2.05, 4.69) is 53.5 Å². The van der Waals surface area contributed by atoms with Gasteiger partial charge < -0.3 is 10.2 Å². The Morgan fingerprint density at radius 2 is 1.52 bits per heavy atom. The van der Waals surface area contributed by atoms with Crippen molar-refractivity contribution in [2.45, 2.75) is 19.3 Å². The summed E-state index contributed by atoms with van der Waals surface area (Å²) >= 11 is 5.96. The number of halogens is 1. The molecular formula is C20H25ClN2. The predicted octanol–water partition coefficient (Wildman–Crippen LogP) is 4.41. The molecule has 0 radical (unpaired) electrons. The van der Waals surface area contributed by atoms with Gasteiger partial charge in [-0.3, -0.25) is 0 Å². The van der Waals surface area contributed by atoms with E-state index in [1.165, 1.54) is 42.7 Å². The Labute approximate surface area is 144 Å². The van der Waals surface area contributed by atoms with Crippen molar-refractivity contribution in [3.63, 3.8) is 0 Å². The monoisotopic (exact) mass is 328 g/mol. The van der Waals surface area contributed by atoms with Crippen LogP contribution in [0.15, 0.2) is 48.5 Å². The Bertz CT molecular complexity index is 601. The topological polar surface area (TPSA) is 15.3 Å². The molecule has 2 aromatic rings. The van der Waals surface area contributed by atoms with Crippen LogP contribution < -0.4 is 5.32 Å². The first-order valence-corrected chi connectivity index (χ1v) is 8.89. The maximum atomic E-state index is 5.96. The van der Waals surface area contributed by atoms with E-state index in [9.17, 15) is 0 Å². The average Bonchev–Trinajstić information content (AvgIpc) is 2.61. The first-order valence-electron chi connectivity index (χ1n) is 8.51. The Balaban J connectivity index is 1.58. The first-order chi connectivity index (χ1) is 11.2. The summed E-state index contributed by atoms with van der Waals surface area (Å²) in [7, 11) is 0. The van der Waals surface area contributed by atoms with Gasteiger partial charge in [0.25, 0.3) is 0 Å². The molecule has 1 aliphatic heterocycles. The van der Waals surface area contributed by atoms with E-state index in [0.717, 1.165) is 18.1 Å². The number of piperazine rings is 1. The highest BCUT2D eigenvalue weighted by atomic mass is 35.5. The van der Waals surface area contributed by atoms with Crippen LogP contribution in [0.5, 0.6) is 0 Å². The second-order valence-electron chi connectivity index (χ2n) is 6.41. The molecule has 0 amide bonds. The summed E-state index contributed by atoms with van der Waals surface area (Å²) in [6, 6.07) is 17.0. The lowest BCUT2D eigenvalue weighted by Gasteiger charge is -2.28. The molecule has 1 N–H and O–H groups in total. The van der Waals surface area contributed by atoms with E-state index in [0.29, 0.717) is 5.92 Å². The van der Waals surface area contributed by atoms with Gasteiger partial charge in [0.05, 0.1) is 0 Å². The zero-order valence-electron chi connectivity index (χ0n) is 13.8. The van der Waals surface area contributed by atoms with Crippen LogP contribution in [0.2, 0.25) is 5.02 Å². The van der Waals surface area contributed by atoms with Crippen molar-refractivity contribution in [1.82, 2.24) is 10.2 Å². The lowest BCUT2D eigenvalue weighted by molar-refractivity contribution is 0.234. The van der Waals surface area contributed by atoms with Crippen molar-refractivity contribution in [3.8, 4) is 11.1 Å². The third-order valence-corrected chi connectivity index (χ3v) is 5.00. The molecule has 2 nitrogen and oxygen atoms in total. The average molecular weight is 329 g/mol. The largest absolute Gasteiger partial charge is 0.314 e. The van der Waals surface area contributed by atoms with Gasteiger partial charge in [-0.25, -0.2) is 0 Å². The molecule has 1 saturated heterocycles. The van der Waals surface area contributed by atoms with Crippen molar-refractivity contribution < 1.29 is 0 Å². The third kappa shape index (κ3) is 4.57. The Hall–Kier alpha value is -1.35. The summed E-state index contributed by atoms with van der Waals surface area (Å²) in [4.78, 5) is 2.56. The van der Waals surface area contributed by atoms with Crippen LogP contribution >= 0.6 is 11.6 Å². The van der Waals surface area contributed by atoms with E-state index in [-0.39, 0.29) is 0 Å².